The zero-order chi connectivity index (χ0) is 19.2. The Kier molecular flexibility index (Phi) is 5.12. The van der Waals surface area contributed by atoms with Gasteiger partial charge in [0.1, 0.15) is 12.1 Å². The number of hydrogen-bond acceptors (Lipinski definition) is 3. The Morgan fingerprint density at radius 2 is 1.76 bits per heavy atom. The molecule has 142 valence electrons. The van der Waals surface area contributed by atoms with Crippen molar-refractivity contribution in [3.8, 4) is 0 Å². The fourth-order valence-corrected chi connectivity index (χ4v) is 3.92. The van der Waals surface area contributed by atoms with Crippen LogP contribution in [0.1, 0.15) is 47.0 Å². The number of amides is 2. The molecule has 6 nitrogen and oxygen atoms in total. The van der Waals surface area contributed by atoms with Crippen LogP contribution in [0.25, 0.3) is 0 Å². The first-order valence-electron chi connectivity index (χ1n) is 8.56. The maximum Gasteiger partial charge on any atom is 0.326 e. The van der Waals surface area contributed by atoms with Crippen LogP contribution in [-0.4, -0.2) is 52.3 Å². The van der Waals surface area contributed by atoms with Crippen LogP contribution in [0.3, 0.4) is 0 Å². The Morgan fingerprint density at radius 3 is 2.24 bits per heavy atom. The van der Waals surface area contributed by atoms with Gasteiger partial charge in [-0.3, -0.25) is 9.59 Å². The minimum absolute atomic E-state index is 0.106. The molecule has 0 aromatic rings. The summed E-state index contributed by atoms with van der Waals surface area (Å²) < 4.78 is 26.5. The molecule has 1 saturated heterocycles. The van der Waals surface area contributed by atoms with Crippen molar-refractivity contribution in [2.45, 2.75) is 65.0 Å². The van der Waals surface area contributed by atoms with Gasteiger partial charge in [-0.2, -0.15) is 8.78 Å². The number of hydrogen-bond donors (Lipinski definition) is 2. The highest BCUT2D eigenvalue weighted by Gasteiger charge is 2.52. The van der Waals surface area contributed by atoms with E-state index in [2.05, 4.69) is 5.32 Å². The summed E-state index contributed by atoms with van der Waals surface area (Å²) in [6, 6.07) is -2.17. The van der Waals surface area contributed by atoms with E-state index < -0.39 is 41.2 Å². The molecule has 1 aliphatic carbocycles. The summed E-state index contributed by atoms with van der Waals surface area (Å²) >= 11 is 0. The van der Waals surface area contributed by atoms with Crippen molar-refractivity contribution in [2.75, 3.05) is 6.54 Å². The maximum atomic E-state index is 13.3. The number of fused-ring (bicyclic) bond motifs is 1. The smallest absolute Gasteiger partial charge is 0.326 e. The van der Waals surface area contributed by atoms with Crippen molar-refractivity contribution in [2.24, 2.45) is 17.3 Å². The molecule has 2 aliphatic rings. The molecule has 2 N–H and O–H groups in total. The maximum absolute atomic E-state index is 13.3. The Balaban J connectivity index is 2.27. The van der Waals surface area contributed by atoms with Crippen molar-refractivity contribution in [1.82, 2.24) is 10.2 Å². The Bertz CT molecular complexity index is 568. The van der Waals surface area contributed by atoms with Gasteiger partial charge in [0, 0.05) is 13.5 Å². The Hall–Kier alpha value is -1.73. The number of nitrogens with one attached hydrogen (secondary N) is 1. The molecule has 0 unspecified atom stereocenters. The fraction of sp³-hybridized carbons (Fsp3) is 0.824. The third kappa shape index (κ3) is 3.93. The number of carboxylic acids is 1. The van der Waals surface area contributed by atoms with E-state index in [0.717, 1.165) is 19.3 Å². The van der Waals surface area contributed by atoms with Crippen molar-refractivity contribution in [3.05, 3.63) is 0 Å². The standard InChI is InChI=1S/C17H26F2N2O4/c1-16(2,3)12(20-15(25)17(4,18)19)13(22)21-8-9-6-5-7-10(9)11(21)14(23)24/h9-12H,5-8H2,1-4H3,(H,20,25)(H,23,24)/t9-,10-,11-,12+/m0/s1. The summed E-state index contributed by atoms with van der Waals surface area (Å²) in [5, 5.41) is 11.7. The number of rotatable bonds is 4. The molecule has 0 spiro atoms. The molecular weight excluding hydrogens is 334 g/mol. The second-order valence-corrected chi connectivity index (χ2v) is 8.29. The van der Waals surface area contributed by atoms with Crippen LogP contribution in [0.4, 0.5) is 8.78 Å². The first-order valence-corrected chi connectivity index (χ1v) is 8.56. The van der Waals surface area contributed by atoms with Crippen LogP contribution in [-0.2, 0) is 14.4 Å². The highest BCUT2D eigenvalue weighted by atomic mass is 19.3. The number of nitrogens with zero attached hydrogens (tertiary/aromatic N) is 1. The number of alkyl halides is 2. The largest absolute Gasteiger partial charge is 0.480 e. The highest BCUT2D eigenvalue weighted by molar-refractivity contribution is 5.93. The Labute approximate surface area is 145 Å². The number of likely N-dealkylation sites (tertiary alicyclic amines) is 1. The van der Waals surface area contributed by atoms with Gasteiger partial charge in [-0.25, -0.2) is 4.79 Å². The van der Waals surface area contributed by atoms with E-state index in [4.69, 9.17) is 0 Å². The van der Waals surface area contributed by atoms with Gasteiger partial charge in [0.05, 0.1) is 0 Å². The lowest BCUT2D eigenvalue weighted by Gasteiger charge is -2.36. The van der Waals surface area contributed by atoms with Crippen LogP contribution in [0.15, 0.2) is 0 Å². The first-order chi connectivity index (χ1) is 11.3. The summed E-state index contributed by atoms with van der Waals surface area (Å²) in [5.74, 6) is -6.82. The predicted molar refractivity (Wildman–Crippen MR) is 86.0 cm³/mol. The van der Waals surface area contributed by atoms with E-state index in [1.54, 1.807) is 20.8 Å². The molecule has 0 aromatic heterocycles. The number of carboxylic acid groups (broad SMARTS) is 1. The lowest BCUT2D eigenvalue weighted by Crippen LogP contribution is -2.59. The number of carbonyl (C=O) groups excluding carboxylic acids is 2. The molecule has 0 bridgehead atoms. The van der Waals surface area contributed by atoms with Gasteiger partial charge in [-0.05, 0) is 30.1 Å². The molecule has 1 saturated carbocycles. The van der Waals surface area contributed by atoms with Gasteiger partial charge in [-0.1, -0.05) is 27.2 Å². The lowest BCUT2D eigenvalue weighted by atomic mass is 9.85. The summed E-state index contributed by atoms with van der Waals surface area (Å²) in [6.45, 7) is 5.71. The van der Waals surface area contributed by atoms with Gasteiger partial charge in [-0.15, -0.1) is 0 Å². The highest BCUT2D eigenvalue weighted by Crippen LogP contribution is 2.43. The third-order valence-electron chi connectivity index (χ3n) is 5.21. The molecule has 2 amide bonds. The summed E-state index contributed by atoms with van der Waals surface area (Å²) in [5.41, 5.74) is -0.835. The summed E-state index contributed by atoms with van der Waals surface area (Å²) in [4.78, 5) is 37.7. The first kappa shape index (κ1) is 19.6. The van der Waals surface area contributed by atoms with Gasteiger partial charge >= 0.3 is 11.9 Å². The van der Waals surface area contributed by atoms with Crippen molar-refractivity contribution >= 4 is 17.8 Å². The van der Waals surface area contributed by atoms with Gasteiger partial charge < -0.3 is 15.3 Å². The van der Waals surface area contributed by atoms with Gasteiger partial charge in [0.2, 0.25) is 5.91 Å². The monoisotopic (exact) mass is 360 g/mol. The van der Waals surface area contributed by atoms with Gasteiger partial charge in [0.25, 0.3) is 5.91 Å². The lowest BCUT2D eigenvalue weighted by molar-refractivity contribution is -0.154. The molecule has 1 aliphatic heterocycles. The molecule has 0 aromatic carbocycles. The normalized spacial score (nSPS) is 27.8. The Morgan fingerprint density at radius 1 is 1.16 bits per heavy atom. The number of halogens is 2. The topological polar surface area (TPSA) is 86.7 Å². The molecular formula is C17H26F2N2O4. The minimum atomic E-state index is -3.61. The van der Waals surface area contributed by atoms with Crippen LogP contribution in [0, 0.1) is 17.3 Å². The van der Waals surface area contributed by atoms with E-state index in [1.807, 2.05) is 0 Å². The van der Waals surface area contributed by atoms with Crippen molar-refractivity contribution in [3.63, 3.8) is 0 Å². The van der Waals surface area contributed by atoms with Crippen LogP contribution < -0.4 is 5.32 Å². The molecule has 1 heterocycles. The zero-order valence-corrected chi connectivity index (χ0v) is 15.0. The second kappa shape index (κ2) is 6.53. The minimum Gasteiger partial charge on any atom is -0.480 e. The van der Waals surface area contributed by atoms with E-state index >= 15 is 0 Å². The molecule has 0 radical (unpaired) electrons. The van der Waals surface area contributed by atoms with E-state index in [-0.39, 0.29) is 11.8 Å². The fourth-order valence-electron chi connectivity index (χ4n) is 3.92. The second-order valence-electron chi connectivity index (χ2n) is 8.29. The van der Waals surface area contributed by atoms with Crippen LogP contribution >= 0.6 is 0 Å². The predicted octanol–water partition coefficient (Wildman–Crippen LogP) is 1.88. The van der Waals surface area contributed by atoms with E-state index in [0.29, 0.717) is 13.5 Å². The average molecular weight is 360 g/mol. The van der Waals surface area contributed by atoms with Crippen LogP contribution in [0.2, 0.25) is 0 Å². The quantitative estimate of drug-likeness (QED) is 0.801. The average Bonchev–Trinajstić information content (AvgIpc) is 3.00. The van der Waals surface area contributed by atoms with E-state index in [9.17, 15) is 28.3 Å². The molecule has 25 heavy (non-hydrogen) atoms. The molecule has 4 atom stereocenters. The SMILES string of the molecule is CC(F)(F)C(=O)N[C@H](C(=O)N1C[C@@H]2CCC[C@@H]2[C@H]1C(=O)O)C(C)(C)C. The van der Waals surface area contributed by atoms with Crippen molar-refractivity contribution < 1.29 is 28.3 Å². The zero-order valence-electron chi connectivity index (χ0n) is 15.0. The van der Waals surface area contributed by atoms with E-state index in [1.165, 1.54) is 4.90 Å². The molecule has 2 fully saturated rings. The van der Waals surface area contributed by atoms with Gasteiger partial charge in [0.15, 0.2) is 0 Å². The summed E-state index contributed by atoms with van der Waals surface area (Å²) in [7, 11) is 0. The van der Waals surface area contributed by atoms with Crippen LogP contribution in [0.5, 0.6) is 0 Å². The number of aliphatic carboxylic acids is 1. The third-order valence-corrected chi connectivity index (χ3v) is 5.21. The molecule has 2 rings (SSSR count). The van der Waals surface area contributed by atoms with Crippen molar-refractivity contribution in [1.29, 1.82) is 0 Å². The summed E-state index contributed by atoms with van der Waals surface area (Å²) in [6.07, 6.45) is 2.53. The molecule has 8 heteroatoms. The number of carbonyl (C=O) groups is 3.